The fourth-order valence-electron chi connectivity index (χ4n) is 4.11. The number of carbonyl (C=O) groups excluding carboxylic acids is 1. The van der Waals surface area contributed by atoms with Crippen LogP contribution in [0.1, 0.15) is 29.8 Å². The van der Waals surface area contributed by atoms with Crippen LogP contribution in [-0.2, 0) is 0 Å². The number of imidazole rings is 1. The summed E-state index contributed by atoms with van der Waals surface area (Å²) in [5.41, 5.74) is 1.42. The van der Waals surface area contributed by atoms with E-state index in [2.05, 4.69) is 14.9 Å². The molecule has 0 unspecified atom stereocenters. The van der Waals surface area contributed by atoms with Gasteiger partial charge in [0.25, 0.3) is 5.91 Å². The van der Waals surface area contributed by atoms with Gasteiger partial charge in [-0.3, -0.25) is 9.20 Å². The number of nitrogens with zero attached hydrogens (tertiary/aromatic N) is 5. The van der Waals surface area contributed by atoms with Gasteiger partial charge in [0.15, 0.2) is 11.6 Å². The van der Waals surface area contributed by atoms with Crippen molar-refractivity contribution in [2.75, 3.05) is 31.1 Å². The first-order valence-electron chi connectivity index (χ1n) is 9.87. The highest BCUT2D eigenvalue weighted by Gasteiger charge is 2.30. The first kappa shape index (κ1) is 17.0. The summed E-state index contributed by atoms with van der Waals surface area (Å²) in [6, 6.07) is 9.51. The molecule has 0 bridgehead atoms. The second-order valence-corrected chi connectivity index (χ2v) is 7.37. The maximum atomic E-state index is 13.0. The average molecular weight is 377 g/mol. The Bertz CT molecular complexity index is 995. The molecule has 2 aliphatic heterocycles. The summed E-state index contributed by atoms with van der Waals surface area (Å²) in [5, 5.41) is 0. The van der Waals surface area contributed by atoms with Crippen LogP contribution in [0, 0.1) is 0 Å². The predicted octanol–water partition coefficient (Wildman–Crippen LogP) is 2.62. The number of carbonyl (C=O) groups is 1. The number of likely N-dealkylation sites (tertiary alicyclic amines) is 1. The maximum absolute atomic E-state index is 13.0. The molecule has 1 atom stereocenters. The minimum Gasteiger partial charge on any atom is -0.485 e. The summed E-state index contributed by atoms with van der Waals surface area (Å²) in [6.07, 6.45) is 8.55. The molecule has 7 heteroatoms. The molecule has 7 nitrogen and oxygen atoms in total. The second kappa shape index (κ2) is 7.14. The SMILES string of the molecule is O=C(c1cccc2nccn12)N1CC[C@H](Oc2cccnc2N2CCCC2)C1. The van der Waals surface area contributed by atoms with Crippen molar-refractivity contribution >= 4 is 17.4 Å². The predicted molar refractivity (Wildman–Crippen MR) is 106 cm³/mol. The zero-order valence-electron chi connectivity index (χ0n) is 15.7. The van der Waals surface area contributed by atoms with Gasteiger partial charge in [0.05, 0.1) is 6.54 Å². The summed E-state index contributed by atoms with van der Waals surface area (Å²) >= 11 is 0. The summed E-state index contributed by atoms with van der Waals surface area (Å²) in [6.45, 7) is 3.32. The first-order valence-corrected chi connectivity index (χ1v) is 9.87. The highest BCUT2D eigenvalue weighted by molar-refractivity contribution is 5.93. The van der Waals surface area contributed by atoms with E-state index in [0.717, 1.165) is 36.7 Å². The van der Waals surface area contributed by atoms with Crippen LogP contribution in [0.3, 0.4) is 0 Å². The van der Waals surface area contributed by atoms with Gasteiger partial charge in [-0.05, 0) is 37.1 Å². The van der Waals surface area contributed by atoms with E-state index in [1.807, 2.05) is 52.0 Å². The third kappa shape index (κ3) is 3.06. The van der Waals surface area contributed by atoms with Crippen molar-refractivity contribution in [1.29, 1.82) is 0 Å². The summed E-state index contributed by atoms with van der Waals surface area (Å²) in [7, 11) is 0. The molecule has 1 amide bonds. The van der Waals surface area contributed by atoms with Crippen molar-refractivity contribution in [2.24, 2.45) is 0 Å². The Hall–Kier alpha value is -3.09. The number of anilines is 1. The summed E-state index contributed by atoms with van der Waals surface area (Å²) in [4.78, 5) is 26.0. The molecule has 2 fully saturated rings. The Morgan fingerprint density at radius 3 is 2.82 bits per heavy atom. The number of hydrogen-bond donors (Lipinski definition) is 0. The van der Waals surface area contributed by atoms with Crippen LogP contribution in [0.15, 0.2) is 48.9 Å². The molecule has 3 aromatic rings. The van der Waals surface area contributed by atoms with Crippen LogP contribution < -0.4 is 9.64 Å². The largest absolute Gasteiger partial charge is 0.485 e. The molecule has 2 saturated heterocycles. The van der Waals surface area contributed by atoms with Crippen LogP contribution >= 0.6 is 0 Å². The third-order valence-corrected chi connectivity index (χ3v) is 5.53. The van der Waals surface area contributed by atoms with E-state index >= 15 is 0 Å². The fraction of sp³-hybridized carbons (Fsp3) is 0.381. The molecular formula is C21H23N5O2. The number of aromatic nitrogens is 3. The minimum absolute atomic E-state index is 0.0145. The molecule has 0 aliphatic carbocycles. The van der Waals surface area contributed by atoms with Crippen LogP contribution in [0.2, 0.25) is 0 Å². The third-order valence-electron chi connectivity index (χ3n) is 5.53. The maximum Gasteiger partial charge on any atom is 0.271 e. The Morgan fingerprint density at radius 2 is 1.93 bits per heavy atom. The second-order valence-electron chi connectivity index (χ2n) is 7.37. The van der Waals surface area contributed by atoms with Gasteiger partial charge < -0.3 is 14.5 Å². The van der Waals surface area contributed by atoms with Gasteiger partial charge >= 0.3 is 0 Å². The number of pyridine rings is 2. The lowest BCUT2D eigenvalue weighted by Gasteiger charge is -2.22. The van der Waals surface area contributed by atoms with Gasteiger partial charge in [0.1, 0.15) is 17.4 Å². The Balaban J connectivity index is 1.30. The number of amides is 1. The fourth-order valence-corrected chi connectivity index (χ4v) is 4.11. The van der Waals surface area contributed by atoms with E-state index in [4.69, 9.17) is 4.74 Å². The molecule has 0 aromatic carbocycles. The van der Waals surface area contributed by atoms with Gasteiger partial charge in [0, 0.05) is 44.6 Å². The normalized spacial score (nSPS) is 19.5. The molecular weight excluding hydrogens is 354 g/mol. The van der Waals surface area contributed by atoms with Crippen molar-refractivity contribution in [3.63, 3.8) is 0 Å². The van der Waals surface area contributed by atoms with Gasteiger partial charge in [0.2, 0.25) is 0 Å². The van der Waals surface area contributed by atoms with Crippen LogP contribution in [0.5, 0.6) is 5.75 Å². The lowest BCUT2D eigenvalue weighted by molar-refractivity contribution is 0.0765. The van der Waals surface area contributed by atoms with Gasteiger partial charge in [-0.25, -0.2) is 9.97 Å². The van der Waals surface area contributed by atoms with E-state index in [0.29, 0.717) is 18.8 Å². The average Bonchev–Trinajstić information content (AvgIpc) is 3.48. The highest BCUT2D eigenvalue weighted by atomic mass is 16.5. The summed E-state index contributed by atoms with van der Waals surface area (Å²) in [5.74, 6) is 1.76. The number of rotatable bonds is 4. The van der Waals surface area contributed by atoms with E-state index in [1.165, 1.54) is 12.8 Å². The van der Waals surface area contributed by atoms with Crippen molar-refractivity contribution in [3.05, 3.63) is 54.6 Å². The Kier molecular flexibility index (Phi) is 4.35. The molecule has 0 saturated carbocycles. The quantitative estimate of drug-likeness (QED) is 0.699. The highest BCUT2D eigenvalue weighted by Crippen LogP contribution is 2.30. The number of fused-ring (bicyclic) bond motifs is 1. The Labute approximate surface area is 163 Å². The van der Waals surface area contributed by atoms with E-state index < -0.39 is 0 Å². The monoisotopic (exact) mass is 377 g/mol. The van der Waals surface area contributed by atoms with E-state index in [-0.39, 0.29) is 12.0 Å². The van der Waals surface area contributed by atoms with Crippen LogP contribution in [0.25, 0.3) is 5.65 Å². The van der Waals surface area contributed by atoms with Gasteiger partial charge in [-0.1, -0.05) is 6.07 Å². The summed E-state index contributed by atoms with van der Waals surface area (Å²) < 4.78 is 8.13. The van der Waals surface area contributed by atoms with E-state index in [1.54, 1.807) is 6.20 Å². The molecule has 2 aliphatic rings. The molecule has 0 N–H and O–H groups in total. The standard InChI is InChI=1S/C21H23N5O2/c27-21(17-5-3-7-19-22-10-14-26(17)19)25-13-8-16(15-25)28-18-6-4-9-23-20(18)24-11-1-2-12-24/h3-7,9-10,14,16H,1-2,8,11-13,15H2/t16-/m0/s1. The molecule has 5 heterocycles. The van der Waals surface area contributed by atoms with Crippen molar-refractivity contribution in [3.8, 4) is 5.75 Å². The lowest BCUT2D eigenvalue weighted by Crippen LogP contribution is -2.32. The number of ether oxygens (including phenoxy) is 1. The minimum atomic E-state index is -0.0171. The first-order chi connectivity index (χ1) is 13.8. The van der Waals surface area contributed by atoms with Crippen molar-refractivity contribution in [2.45, 2.75) is 25.4 Å². The smallest absolute Gasteiger partial charge is 0.271 e. The van der Waals surface area contributed by atoms with Gasteiger partial charge in [-0.2, -0.15) is 0 Å². The van der Waals surface area contributed by atoms with Gasteiger partial charge in [-0.15, -0.1) is 0 Å². The molecule has 0 radical (unpaired) electrons. The van der Waals surface area contributed by atoms with Crippen molar-refractivity contribution < 1.29 is 9.53 Å². The number of hydrogen-bond acceptors (Lipinski definition) is 5. The topological polar surface area (TPSA) is 63.0 Å². The molecule has 5 rings (SSSR count). The lowest BCUT2D eigenvalue weighted by atomic mass is 10.3. The molecule has 0 spiro atoms. The van der Waals surface area contributed by atoms with Crippen LogP contribution in [-0.4, -0.2) is 57.5 Å². The van der Waals surface area contributed by atoms with Crippen molar-refractivity contribution in [1.82, 2.24) is 19.3 Å². The zero-order chi connectivity index (χ0) is 18.9. The van der Waals surface area contributed by atoms with Crippen LogP contribution in [0.4, 0.5) is 5.82 Å². The van der Waals surface area contributed by atoms with E-state index in [9.17, 15) is 4.79 Å². The Morgan fingerprint density at radius 1 is 1.04 bits per heavy atom. The molecule has 28 heavy (non-hydrogen) atoms. The molecule has 3 aromatic heterocycles. The molecule has 144 valence electrons. The zero-order valence-corrected chi connectivity index (χ0v) is 15.7.